The van der Waals surface area contributed by atoms with Gasteiger partial charge in [0.15, 0.2) is 0 Å². The Hall–Kier alpha value is 0.210. The Morgan fingerprint density at radius 2 is 1.81 bits per heavy atom. The molecule has 0 aliphatic heterocycles. The van der Waals surface area contributed by atoms with Crippen LogP contribution in [-0.2, 0) is 0 Å². The Kier molecular flexibility index (Phi) is 5.55. The van der Waals surface area contributed by atoms with Gasteiger partial charge in [-0.1, -0.05) is 32.4 Å². The van der Waals surface area contributed by atoms with Gasteiger partial charge in [0.25, 0.3) is 0 Å². The first-order chi connectivity index (χ1) is 7.43. The number of halogens is 1. The molecule has 0 nitrogen and oxygen atoms in total. The molecule has 0 aliphatic rings. The predicted molar refractivity (Wildman–Crippen MR) is 79.0 cm³/mol. The van der Waals surface area contributed by atoms with Crippen LogP contribution in [0.4, 0.5) is 0 Å². The van der Waals surface area contributed by atoms with Crippen LogP contribution >= 0.6 is 36.0 Å². The molecule has 1 aromatic rings. The molecule has 0 bridgehead atoms. The van der Waals surface area contributed by atoms with Crippen LogP contribution in [0.5, 0.6) is 0 Å². The van der Waals surface area contributed by atoms with Crippen molar-refractivity contribution in [3.8, 4) is 0 Å². The Bertz CT molecular complexity index is 314. The lowest BCUT2D eigenvalue weighted by Gasteiger charge is -2.29. The fourth-order valence-corrected chi connectivity index (χ4v) is 3.62. The van der Waals surface area contributed by atoms with Crippen LogP contribution in [-0.4, -0.2) is 11.5 Å². The molecule has 0 spiro atoms. The zero-order chi connectivity index (χ0) is 12.2. The van der Waals surface area contributed by atoms with Crippen molar-refractivity contribution in [1.82, 2.24) is 0 Å². The van der Waals surface area contributed by atoms with E-state index in [1.54, 1.807) is 0 Å². The Balaban J connectivity index is 2.53. The van der Waals surface area contributed by atoms with Crippen LogP contribution in [0.1, 0.15) is 20.8 Å². The Morgan fingerprint density at radius 3 is 2.25 bits per heavy atom. The number of thioether (sulfide) groups is 1. The summed E-state index contributed by atoms with van der Waals surface area (Å²) >= 11 is 12.2. The third-order valence-electron chi connectivity index (χ3n) is 2.71. The maximum Gasteiger partial charge on any atom is 0.0406 e. The number of benzene rings is 1. The molecule has 0 saturated carbocycles. The van der Waals surface area contributed by atoms with Crippen LogP contribution in [0, 0.1) is 11.3 Å². The van der Waals surface area contributed by atoms with Gasteiger partial charge in [0.05, 0.1) is 0 Å². The number of rotatable bonds is 4. The molecular weight excluding hydrogens is 256 g/mol. The van der Waals surface area contributed by atoms with Crippen LogP contribution in [0.15, 0.2) is 29.2 Å². The van der Waals surface area contributed by atoms with E-state index in [1.807, 2.05) is 23.9 Å². The normalized spacial score (nSPS) is 13.8. The lowest BCUT2D eigenvalue weighted by molar-refractivity contribution is 0.294. The van der Waals surface area contributed by atoms with Gasteiger partial charge in [-0.15, -0.1) is 11.8 Å². The summed E-state index contributed by atoms with van der Waals surface area (Å²) in [5.41, 5.74) is 0.321. The molecule has 1 atom stereocenters. The zero-order valence-electron chi connectivity index (χ0n) is 10.0. The molecule has 1 rings (SSSR count). The van der Waals surface area contributed by atoms with Gasteiger partial charge in [0.1, 0.15) is 0 Å². The smallest absolute Gasteiger partial charge is 0.0406 e. The van der Waals surface area contributed by atoms with Gasteiger partial charge < -0.3 is 0 Å². The topological polar surface area (TPSA) is 0 Å². The van der Waals surface area contributed by atoms with E-state index < -0.39 is 0 Å². The van der Waals surface area contributed by atoms with Crippen molar-refractivity contribution >= 4 is 36.0 Å². The molecule has 3 heteroatoms. The van der Waals surface area contributed by atoms with Crippen LogP contribution in [0.2, 0.25) is 5.02 Å². The molecule has 1 aromatic carbocycles. The predicted octanol–water partition coefficient (Wildman–Crippen LogP) is 5.02. The van der Waals surface area contributed by atoms with E-state index in [1.165, 1.54) is 4.90 Å². The SMILES string of the molecule is CC(C)(C)C(CS)CSc1ccc(Cl)cc1. The fraction of sp³-hybridized carbons (Fsp3) is 0.538. The van der Waals surface area contributed by atoms with Gasteiger partial charge in [-0.25, -0.2) is 0 Å². The van der Waals surface area contributed by atoms with Crippen molar-refractivity contribution in [2.24, 2.45) is 11.3 Å². The van der Waals surface area contributed by atoms with Crippen LogP contribution in [0.25, 0.3) is 0 Å². The average Bonchev–Trinajstić information content (AvgIpc) is 2.19. The molecule has 0 radical (unpaired) electrons. The van der Waals surface area contributed by atoms with Crippen molar-refractivity contribution in [2.75, 3.05) is 11.5 Å². The van der Waals surface area contributed by atoms with Gasteiger partial charge in [-0.05, 0) is 41.4 Å². The first-order valence-corrected chi connectivity index (χ1v) is 7.42. The molecule has 16 heavy (non-hydrogen) atoms. The van der Waals surface area contributed by atoms with E-state index >= 15 is 0 Å². The van der Waals surface area contributed by atoms with E-state index in [-0.39, 0.29) is 0 Å². The molecule has 1 unspecified atom stereocenters. The molecule has 0 saturated heterocycles. The van der Waals surface area contributed by atoms with E-state index in [4.69, 9.17) is 11.6 Å². The second-order valence-electron chi connectivity index (χ2n) is 5.01. The molecular formula is C13H19ClS2. The summed E-state index contributed by atoms with van der Waals surface area (Å²) in [6, 6.07) is 8.03. The number of hydrogen-bond donors (Lipinski definition) is 1. The first kappa shape index (κ1) is 14.3. The van der Waals surface area contributed by atoms with Gasteiger partial charge in [0, 0.05) is 15.7 Å². The fourth-order valence-electron chi connectivity index (χ4n) is 1.30. The van der Waals surface area contributed by atoms with Crippen molar-refractivity contribution in [2.45, 2.75) is 25.7 Å². The van der Waals surface area contributed by atoms with E-state index in [9.17, 15) is 0 Å². The Morgan fingerprint density at radius 1 is 1.25 bits per heavy atom. The largest absolute Gasteiger partial charge is 0.179 e. The lowest BCUT2D eigenvalue weighted by Crippen LogP contribution is -2.24. The third kappa shape index (κ3) is 4.60. The van der Waals surface area contributed by atoms with Crippen molar-refractivity contribution in [1.29, 1.82) is 0 Å². The summed E-state index contributed by atoms with van der Waals surface area (Å²) in [7, 11) is 0. The summed E-state index contributed by atoms with van der Waals surface area (Å²) in [4.78, 5) is 1.28. The number of thiol groups is 1. The minimum atomic E-state index is 0.321. The maximum atomic E-state index is 5.85. The first-order valence-electron chi connectivity index (χ1n) is 5.42. The summed E-state index contributed by atoms with van der Waals surface area (Å²) in [5, 5.41) is 0.797. The van der Waals surface area contributed by atoms with Crippen molar-refractivity contribution in [3.05, 3.63) is 29.3 Å². The molecule has 0 aromatic heterocycles. The standard InChI is InChI=1S/C13H19ClS2/c1-13(2,3)10(8-15)9-16-12-6-4-11(14)5-7-12/h4-7,10,15H,8-9H2,1-3H3. The van der Waals surface area contributed by atoms with E-state index in [0.717, 1.165) is 16.5 Å². The van der Waals surface area contributed by atoms with Crippen LogP contribution in [0.3, 0.4) is 0 Å². The summed E-state index contributed by atoms with van der Waals surface area (Å²) in [6.45, 7) is 6.82. The Labute approximate surface area is 114 Å². The highest BCUT2D eigenvalue weighted by atomic mass is 35.5. The highest BCUT2D eigenvalue weighted by Gasteiger charge is 2.23. The van der Waals surface area contributed by atoms with Gasteiger partial charge in [-0.2, -0.15) is 12.6 Å². The summed E-state index contributed by atoms with van der Waals surface area (Å²) < 4.78 is 0. The third-order valence-corrected chi connectivity index (χ3v) is 4.58. The van der Waals surface area contributed by atoms with Gasteiger partial charge in [0.2, 0.25) is 0 Å². The zero-order valence-corrected chi connectivity index (χ0v) is 12.5. The lowest BCUT2D eigenvalue weighted by atomic mass is 9.83. The van der Waals surface area contributed by atoms with E-state index in [0.29, 0.717) is 11.3 Å². The highest BCUT2D eigenvalue weighted by Crippen LogP contribution is 2.32. The van der Waals surface area contributed by atoms with Crippen LogP contribution < -0.4 is 0 Å². The van der Waals surface area contributed by atoms with Crippen molar-refractivity contribution in [3.63, 3.8) is 0 Å². The monoisotopic (exact) mass is 274 g/mol. The highest BCUT2D eigenvalue weighted by molar-refractivity contribution is 7.99. The summed E-state index contributed by atoms with van der Waals surface area (Å²) in [5.74, 6) is 2.66. The molecule has 0 fully saturated rings. The molecule has 0 aliphatic carbocycles. The molecule has 0 amide bonds. The average molecular weight is 275 g/mol. The minimum Gasteiger partial charge on any atom is -0.179 e. The van der Waals surface area contributed by atoms with Crippen molar-refractivity contribution < 1.29 is 0 Å². The second-order valence-corrected chi connectivity index (χ2v) is 6.91. The molecule has 0 N–H and O–H groups in total. The number of hydrogen-bond acceptors (Lipinski definition) is 2. The summed E-state index contributed by atoms with van der Waals surface area (Å²) in [6.07, 6.45) is 0. The van der Waals surface area contributed by atoms with Gasteiger partial charge in [-0.3, -0.25) is 0 Å². The van der Waals surface area contributed by atoms with E-state index in [2.05, 4.69) is 45.5 Å². The van der Waals surface area contributed by atoms with Gasteiger partial charge >= 0.3 is 0 Å². The minimum absolute atomic E-state index is 0.321. The quantitative estimate of drug-likeness (QED) is 0.594. The second kappa shape index (κ2) is 6.23. The maximum absolute atomic E-state index is 5.85. The molecule has 0 heterocycles. The molecule has 90 valence electrons.